The molecule has 2 heterocycles. The standard InChI is InChI=1S/C11H13N3O4/c1-7(11-13-9(6-16-2)14-18-11)12-10(15)8-3-4-17-5-8/h3-5,7H,6H2,1-2H3,(H,12,15)/t7-/m1/s1. The van der Waals surface area contributed by atoms with Crippen molar-refractivity contribution in [2.75, 3.05) is 7.11 Å². The molecule has 1 atom stereocenters. The highest BCUT2D eigenvalue weighted by Crippen LogP contribution is 2.11. The number of aromatic nitrogens is 2. The van der Waals surface area contributed by atoms with E-state index in [0.717, 1.165) is 0 Å². The van der Waals surface area contributed by atoms with Crippen LogP contribution in [-0.2, 0) is 11.3 Å². The monoisotopic (exact) mass is 251 g/mol. The molecule has 96 valence electrons. The van der Waals surface area contributed by atoms with Crippen molar-refractivity contribution in [3.05, 3.63) is 35.9 Å². The maximum absolute atomic E-state index is 11.7. The topological polar surface area (TPSA) is 90.4 Å². The number of rotatable bonds is 5. The fourth-order valence-corrected chi connectivity index (χ4v) is 1.37. The van der Waals surface area contributed by atoms with Crippen LogP contribution in [0, 0.1) is 0 Å². The Bertz CT molecular complexity index is 506. The smallest absolute Gasteiger partial charge is 0.255 e. The molecule has 0 aliphatic rings. The molecule has 18 heavy (non-hydrogen) atoms. The lowest BCUT2D eigenvalue weighted by Crippen LogP contribution is -2.26. The van der Waals surface area contributed by atoms with Crippen molar-refractivity contribution in [2.24, 2.45) is 0 Å². The number of carbonyl (C=O) groups is 1. The summed E-state index contributed by atoms with van der Waals surface area (Å²) in [4.78, 5) is 15.8. The molecule has 0 saturated carbocycles. The summed E-state index contributed by atoms with van der Waals surface area (Å²) in [5.41, 5.74) is 0.443. The lowest BCUT2D eigenvalue weighted by atomic mass is 10.2. The molecule has 0 bridgehead atoms. The minimum Gasteiger partial charge on any atom is -0.472 e. The van der Waals surface area contributed by atoms with Gasteiger partial charge in [0.2, 0.25) is 5.89 Å². The molecule has 0 aliphatic carbocycles. The van der Waals surface area contributed by atoms with Crippen LogP contribution in [0.15, 0.2) is 27.5 Å². The van der Waals surface area contributed by atoms with Gasteiger partial charge in [0, 0.05) is 7.11 Å². The highest BCUT2D eigenvalue weighted by molar-refractivity contribution is 5.93. The van der Waals surface area contributed by atoms with Crippen molar-refractivity contribution in [2.45, 2.75) is 19.6 Å². The lowest BCUT2D eigenvalue weighted by molar-refractivity contribution is 0.0932. The fourth-order valence-electron chi connectivity index (χ4n) is 1.37. The third-order valence-corrected chi connectivity index (χ3v) is 2.26. The van der Waals surface area contributed by atoms with E-state index in [2.05, 4.69) is 15.5 Å². The number of nitrogens with zero attached hydrogens (tertiary/aromatic N) is 2. The van der Waals surface area contributed by atoms with Crippen LogP contribution in [-0.4, -0.2) is 23.2 Å². The maximum Gasteiger partial charge on any atom is 0.255 e. The van der Waals surface area contributed by atoms with Gasteiger partial charge in [-0.2, -0.15) is 4.98 Å². The van der Waals surface area contributed by atoms with Gasteiger partial charge in [-0.3, -0.25) is 4.79 Å². The molecule has 2 rings (SSSR count). The van der Waals surface area contributed by atoms with Gasteiger partial charge in [0.05, 0.1) is 11.8 Å². The van der Waals surface area contributed by atoms with Crippen LogP contribution >= 0.6 is 0 Å². The zero-order valence-electron chi connectivity index (χ0n) is 10.0. The van der Waals surface area contributed by atoms with Crippen molar-refractivity contribution in [3.8, 4) is 0 Å². The normalized spacial score (nSPS) is 12.3. The molecule has 0 radical (unpaired) electrons. The number of methoxy groups -OCH3 is 1. The summed E-state index contributed by atoms with van der Waals surface area (Å²) in [5, 5.41) is 6.43. The Balaban J connectivity index is 1.98. The van der Waals surface area contributed by atoms with Crippen LogP contribution in [0.5, 0.6) is 0 Å². The van der Waals surface area contributed by atoms with E-state index in [4.69, 9.17) is 13.7 Å². The van der Waals surface area contributed by atoms with E-state index in [1.54, 1.807) is 20.1 Å². The Labute approximate surface area is 103 Å². The van der Waals surface area contributed by atoms with Gasteiger partial charge >= 0.3 is 0 Å². The average molecular weight is 251 g/mol. The summed E-state index contributed by atoms with van der Waals surface area (Å²) in [6, 6.07) is 1.19. The van der Waals surface area contributed by atoms with Crippen LogP contribution in [0.1, 0.15) is 35.0 Å². The van der Waals surface area contributed by atoms with Crippen molar-refractivity contribution in [3.63, 3.8) is 0 Å². The molecule has 1 amide bonds. The van der Waals surface area contributed by atoms with E-state index in [1.807, 2.05) is 0 Å². The van der Waals surface area contributed by atoms with Gasteiger partial charge in [-0.1, -0.05) is 5.16 Å². The molecule has 0 aromatic carbocycles. The Morgan fingerprint density at radius 2 is 2.44 bits per heavy atom. The molecule has 0 unspecified atom stereocenters. The first-order chi connectivity index (χ1) is 8.70. The van der Waals surface area contributed by atoms with Gasteiger partial charge in [0.25, 0.3) is 5.91 Å². The highest BCUT2D eigenvalue weighted by Gasteiger charge is 2.17. The van der Waals surface area contributed by atoms with Crippen molar-refractivity contribution < 1.29 is 18.5 Å². The Kier molecular flexibility index (Phi) is 3.73. The van der Waals surface area contributed by atoms with E-state index in [-0.39, 0.29) is 18.6 Å². The fraction of sp³-hybridized carbons (Fsp3) is 0.364. The van der Waals surface area contributed by atoms with Gasteiger partial charge in [-0.05, 0) is 13.0 Å². The summed E-state index contributed by atoms with van der Waals surface area (Å²) in [7, 11) is 1.54. The molecule has 0 saturated heterocycles. The minimum absolute atomic E-state index is 0.261. The molecule has 2 aromatic heterocycles. The molecule has 2 aromatic rings. The van der Waals surface area contributed by atoms with Crippen LogP contribution in [0.25, 0.3) is 0 Å². The first-order valence-corrected chi connectivity index (χ1v) is 5.35. The quantitative estimate of drug-likeness (QED) is 0.861. The number of nitrogens with one attached hydrogen (secondary N) is 1. The predicted molar refractivity (Wildman–Crippen MR) is 59.6 cm³/mol. The molecule has 7 nitrogen and oxygen atoms in total. The van der Waals surface area contributed by atoms with Gasteiger partial charge < -0.3 is 19.0 Å². The summed E-state index contributed by atoms with van der Waals surface area (Å²) in [6.45, 7) is 2.02. The average Bonchev–Trinajstić information content (AvgIpc) is 3.00. The largest absolute Gasteiger partial charge is 0.472 e. The molecule has 0 spiro atoms. The summed E-state index contributed by atoms with van der Waals surface area (Å²) in [6.07, 6.45) is 2.80. The molecular formula is C11H13N3O4. The van der Waals surface area contributed by atoms with Gasteiger partial charge in [-0.25, -0.2) is 0 Å². The second kappa shape index (κ2) is 5.46. The van der Waals surface area contributed by atoms with Crippen LogP contribution in [0.4, 0.5) is 0 Å². The summed E-state index contributed by atoms with van der Waals surface area (Å²) >= 11 is 0. The number of amides is 1. The zero-order valence-corrected chi connectivity index (χ0v) is 10.0. The van der Waals surface area contributed by atoms with E-state index < -0.39 is 0 Å². The summed E-state index contributed by atoms with van der Waals surface area (Å²) < 4.78 is 14.7. The van der Waals surface area contributed by atoms with Gasteiger partial charge in [0.15, 0.2) is 5.82 Å². The van der Waals surface area contributed by atoms with E-state index in [9.17, 15) is 4.79 Å². The second-order valence-corrected chi connectivity index (χ2v) is 3.69. The molecule has 0 aliphatic heterocycles. The highest BCUT2D eigenvalue weighted by atomic mass is 16.5. The van der Waals surface area contributed by atoms with E-state index in [0.29, 0.717) is 17.3 Å². The SMILES string of the molecule is COCc1noc([C@@H](C)NC(=O)c2ccoc2)n1. The molecule has 7 heteroatoms. The maximum atomic E-state index is 11.7. The minimum atomic E-state index is -0.384. The first-order valence-electron chi connectivity index (χ1n) is 5.35. The Morgan fingerprint density at radius 3 is 3.11 bits per heavy atom. The second-order valence-electron chi connectivity index (χ2n) is 3.69. The predicted octanol–water partition coefficient (Wildman–Crippen LogP) is 1.30. The number of carbonyl (C=O) groups excluding carboxylic acids is 1. The summed E-state index contributed by atoms with van der Waals surface area (Å²) in [5.74, 6) is 0.513. The van der Waals surface area contributed by atoms with Crippen LogP contribution < -0.4 is 5.32 Å². The molecule has 0 fully saturated rings. The van der Waals surface area contributed by atoms with Crippen molar-refractivity contribution in [1.29, 1.82) is 0 Å². The molecule has 1 N–H and O–H groups in total. The first kappa shape index (κ1) is 12.3. The number of ether oxygens (including phenoxy) is 1. The zero-order chi connectivity index (χ0) is 13.0. The number of hydrogen-bond acceptors (Lipinski definition) is 6. The van der Waals surface area contributed by atoms with Crippen molar-refractivity contribution in [1.82, 2.24) is 15.5 Å². The lowest BCUT2D eigenvalue weighted by Gasteiger charge is -2.07. The third-order valence-electron chi connectivity index (χ3n) is 2.26. The van der Waals surface area contributed by atoms with E-state index >= 15 is 0 Å². The van der Waals surface area contributed by atoms with Gasteiger partial charge in [-0.15, -0.1) is 0 Å². The van der Waals surface area contributed by atoms with Crippen LogP contribution in [0.2, 0.25) is 0 Å². The third kappa shape index (κ3) is 2.75. The van der Waals surface area contributed by atoms with Crippen LogP contribution in [0.3, 0.4) is 0 Å². The molecular weight excluding hydrogens is 238 g/mol. The van der Waals surface area contributed by atoms with Crippen molar-refractivity contribution >= 4 is 5.91 Å². The number of hydrogen-bond donors (Lipinski definition) is 1. The number of furan rings is 1. The van der Waals surface area contributed by atoms with Gasteiger partial charge in [0.1, 0.15) is 18.9 Å². The Hall–Kier alpha value is -2.15. The van der Waals surface area contributed by atoms with E-state index in [1.165, 1.54) is 12.5 Å². The Morgan fingerprint density at radius 1 is 1.61 bits per heavy atom.